The highest BCUT2D eigenvalue weighted by atomic mass is 16.7. The Bertz CT molecular complexity index is 1970. The fraction of sp³-hybridized carbons (Fsp3) is 0.108. The minimum absolute atomic E-state index is 0.00653. The minimum Gasteiger partial charge on any atom is -0.491 e. The van der Waals surface area contributed by atoms with E-state index in [-0.39, 0.29) is 20.0 Å². The Morgan fingerprint density at radius 2 is 1.15 bits per heavy atom. The van der Waals surface area contributed by atoms with Crippen molar-refractivity contribution in [3.63, 3.8) is 0 Å². The van der Waals surface area contributed by atoms with Crippen molar-refractivity contribution in [2.75, 3.05) is 20.0 Å². The highest BCUT2D eigenvalue weighted by Gasteiger charge is 2.16. The molecule has 0 bridgehead atoms. The highest BCUT2D eigenvalue weighted by Crippen LogP contribution is 2.26. The first-order chi connectivity index (χ1) is 22.5. The molecule has 0 aliphatic rings. The molecule has 9 heteroatoms. The zero-order valence-electron chi connectivity index (χ0n) is 24.5. The van der Waals surface area contributed by atoms with Gasteiger partial charge in [-0.05, 0) is 47.5 Å². The molecule has 0 unspecified atom stereocenters. The summed E-state index contributed by atoms with van der Waals surface area (Å²) < 4.78 is 33.8. The van der Waals surface area contributed by atoms with Gasteiger partial charge in [0, 0.05) is 29.0 Å². The number of hydrogen-bond donors (Lipinski definition) is 0. The Morgan fingerprint density at radius 3 is 1.61 bits per heavy atom. The van der Waals surface area contributed by atoms with Crippen molar-refractivity contribution in [1.82, 2.24) is 0 Å². The molecule has 0 aliphatic heterocycles. The molecule has 0 N–H and O–H groups in total. The van der Waals surface area contributed by atoms with E-state index < -0.39 is 23.3 Å². The second kappa shape index (κ2) is 13.8. The molecule has 0 aliphatic carbocycles. The summed E-state index contributed by atoms with van der Waals surface area (Å²) in [5.74, 6) is 0.224. The van der Waals surface area contributed by atoms with E-state index in [1.807, 2.05) is 60.7 Å². The van der Waals surface area contributed by atoms with Crippen LogP contribution in [0, 0.1) is 0 Å². The molecule has 6 rings (SSSR count). The molecule has 9 nitrogen and oxygen atoms in total. The van der Waals surface area contributed by atoms with Gasteiger partial charge in [0.05, 0.1) is 11.1 Å². The van der Waals surface area contributed by atoms with Crippen molar-refractivity contribution in [2.45, 2.75) is 6.10 Å². The first-order valence-electron chi connectivity index (χ1n) is 14.4. The van der Waals surface area contributed by atoms with Crippen LogP contribution in [0.5, 0.6) is 11.5 Å². The quantitative estimate of drug-likeness (QED) is 0.0636. The highest BCUT2D eigenvalue weighted by molar-refractivity contribution is 5.84. The van der Waals surface area contributed by atoms with Crippen LogP contribution < -0.4 is 20.7 Å². The Hall–Kier alpha value is -5.93. The molecule has 0 atom stereocenters. The Balaban J connectivity index is 1.16. The molecule has 0 radical (unpaired) electrons. The monoisotopic (exact) mass is 616 g/mol. The maximum Gasteiger partial charge on any atom is 0.344 e. The van der Waals surface area contributed by atoms with Gasteiger partial charge in [0.15, 0.2) is 6.79 Å². The summed E-state index contributed by atoms with van der Waals surface area (Å²) in [5, 5.41) is 1.47. The van der Waals surface area contributed by atoms with Crippen LogP contribution in [0.3, 0.4) is 0 Å². The van der Waals surface area contributed by atoms with E-state index in [0.717, 1.165) is 28.0 Å². The van der Waals surface area contributed by atoms with E-state index >= 15 is 0 Å². The maximum absolute atomic E-state index is 12.7. The van der Waals surface area contributed by atoms with Crippen molar-refractivity contribution in [2.24, 2.45) is 0 Å². The van der Waals surface area contributed by atoms with Crippen molar-refractivity contribution in [1.29, 1.82) is 0 Å². The summed E-state index contributed by atoms with van der Waals surface area (Å²) in [6, 6.07) is 32.5. The van der Waals surface area contributed by atoms with Gasteiger partial charge < -0.3 is 27.8 Å². The van der Waals surface area contributed by atoms with Crippen LogP contribution in [0.2, 0.25) is 0 Å². The van der Waals surface area contributed by atoms with Crippen molar-refractivity contribution >= 4 is 27.9 Å². The SMILES string of the molecule is C=CC(=O)OCOC(COc1ccc2cc(-c3ccccc3)c(=O)oc2c1)COc1ccc2cc(-c3ccccc3)c(=O)oc2c1. The van der Waals surface area contributed by atoms with Crippen LogP contribution in [0.4, 0.5) is 0 Å². The van der Waals surface area contributed by atoms with Crippen molar-refractivity contribution < 1.29 is 32.6 Å². The van der Waals surface area contributed by atoms with E-state index in [9.17, 15) is 14.4 Å². The molecule has 6 aromatic rings. The van der Waals surface area contributed by atoms with Crippen LogP contribution in [0.1, 0.15) is 0 Å². The summed E-state index contributed by atoms with van der Waals surface area (Å²) in [6.07, 6.45) is 0.340. The summed E-state index contributed by atoms with van der Waals surface area (Å²) >= 11 is 0. The fourth-order valence-corrected chi connectivity index (χ4v) is 4.77. The summed E-state index contributed by atoms with van der Waals surface area (Å²) in [4.78, 5) is 36.9. The number of rotatable bonds is 12. The van der Waals surface area contributed by atoms with E-state index in [0.29, 0.717) is 33.8 Å². The van der Waals surface area contributed by atoms with E-state index in [2.05, 4.69) is 6.58 Å². The Labute approximate surface area is 262 Å². The summed E-state index contributed by atoms with van der Waals surface area (Å²) in [6.45, 7) is 3.03. The predicted molar refractivity (Wildman–Crippen MR) is 173 cm³/mol. The summed E-state index contributed by atoms with van der Waals surface area (Å²) in [5.41, 5.74) is 2.26. The lowest BCUT2D eigenvalue weighted by Gasteiger charge is -2.19. The standard InChI is InChI=1S/C37H28O9/c1-2-35(38)44-23-43-30(21-41-28-15-13-26-17-31(24-9-5-3-6-10-24)36(39)45-33(26)19-28)22-42-29-16-14-27-18-32(25-11-7-4-8-12-25)37(40)46-34(27)20-29/h2-20,30H,1,21-23H2. The van der Waals surface area contributed by atoms with E-state index in [1.54, 1.807) is 48.5 Å². The number of esters is 1. The Kier molecular flexibility index (Phi) is 9.03. The van der Waals surface area contributed by atoms with E-state index in [1.165, 1.54) is 0 Å². The van der Waals surface area contributed by atoms with Gasteiger partial charge in [-0.3, -0.25) is 0 Å². The second-order valence-corrected chi connectivity index (χ2v) is 10.2. The normalized spacial score (nSPS) is 11.1. The number of fused-ring (bicyclic) bond motifs is 2. The van der Waals surface area contributed by atoms with Crippen LogP contribution >= 0.6 is 0 Å². The lowest BCUT2D eigenvalue weighted by Crippen LogP contribution is -2.30. The largest absolute Gasteiger partial charge is 0.491 e. The van der Waals surface area contributed by atoms with Crippen LogP contribution in [0.25, 0.3) is 44.2 Å². The number of carbonyl (C=O) groups is 1. The van der Waals surface area contributed by atoms with Crippen molar-refractivity contribution in [3.8, 4) is 33.8 Å². The molecular weight excluding hydrogens is 588 g/mol. The van der Waals surface area contributed by atoms with Crippen LogP contribution in [-0.2, 0) is 14.3 Å². The van der Waals surface area contributed by atoms with Gasteiger partial charge in [-0.15, -0.1) is 0 Å². The summed E-state index contributed by atoms with van der Waals surface area (Å²) in [7, 11) is 0. The lowest BCUT2D eigenvalue weighted by molar-refractivity contribution is -0.158. The molecule has 0 saturated heterocycles. The van der Waals surface area contributed by atoms with Crippen LogP contribution in [0.15, 0.2) is 140 Å². The third kappa shape index (κ3) is 7.06. The molecule has 2 aromatic heterocycles. The molecule has 0 fully saturated rings. The average Bonchev–Trinajstić information content (AvgIpc) is 3.09. The average molecular weight is 617 g/mol. The molecule has 0 spiro atoms. The first kappa shape index (κ1) is 30.1. The number of benzene rings is 4. The van der Waals surface area contributed by atoms with Gasteiger partial charge in [0.1, 0.15) is 42.0 Å². The van der Waals surface area contributed by atoms with Gasteiger partial charge in [0.25, 0.3) is 0 Å². The first-order valence-corrected chi connectivity index (χ1v) is 14.4. The molecular formula is C37H28O9. The minimum atomic E-state index is -0.691. The molecule has 230 valence electrons. The van der Waals surface area contributed by atoms with Crippen molar-refractivity contribution in [3.05, 3.63) is 143 Å². The third-order valence-electron chi connectivity index (χ3n) is 7.13. The Morgan fingerprint density at radius 1 is 0.674 bits per heavy atom. The maximum atomic E-state index is 12.7. The molecule has 46 heavy (non-hydrogen) atoms. The zero-order chi connectivity index (χ0) is 31.9. The molecule has 0 saturated carbocycles. The number of carbonyl (C=O) groups excluding carboxylic acids is 1. The fourth-order valence-electron chi connectivity index (χ4n) is 4.77. The smallest absolute Gasteiger partial charge is 0.344 e. The van der Waals surface area contributed by atoms with Gasteiger partial charge in [-0.25, -0.2) is 14.4 Å². The third-order valence-corrected chi connectivity index (χ3v) is 7.13. The van der Waals surface area contributed by atoms with Crippen LogP contribution in [-0.4, -0.2) is 32.1 Å². The zero-order valence-corrected chi connectivity index (χ0v) is 24.5. The molecule has 2 heterocycles. The molecule has 0 amide bonds. The predicted octanol–water partition coefficient (Wildman–Crippen LogP) is 6.76. The number of hydrogen-bond acceptors (Lipinski definition) is 9. The van der Waals surface area contributed by atoms with Gasteiger partial charge >= 0.3 is 17.2 Å². The van der Waals surface area contributed by atoms with Gasteiger partial charge in [-0.2, -0.15) is 0 Å². The lowest BCUT2D eigenvalue weighted by atomic mass is 10.1. The number of ether oxygens (including phenoxy) is 4. The van der Waals surface area contributed by atoms with E-state index in [4.69, 9.17) is 27.8 Å². The van der Waals surface area contributed by atoms with Gasteiger partial charge in [-0.1, -0.05) is 67.2 Å². The second-order valence-electron chi connectivity index (χ2n) is 10.2. The molecule has 4 aromatic carbocycles. The van der Waals surface area contributed by atoms with Gasteiger partial charge in [0.2, 0.25) is 0 Å². The topological polar surface area (TPSA) is 114 Å².